The first-order valence-electron chi connectivity index (χ1n) is 7.84. The lowest BCUT2D eigenvalue weighted by Crippen LogP contribution is -2.52. The number of furan rings is 1. The van der Waals surface area contributed by atoms with E-state index in [1.54, 1.807) is 6.26 Å². The van der Waals surface area contributed by atoms with Crippen molar-refractivity contribution in [2.24, 2.45) is 0 Å². The Bertz CT molecular complexity index is 447. The molecular weight excluding hydrogens is 280 g/mol. The average molecular weight is 310 g/mol. The van der Waals surface area contributed by atoms with E-state index in [-0.39, 0.29) is 11.6 Å². The molecule has 0 spiro atoms. The third-order valence-electron chi connectivity index (χ3n) is 3.14. The van der Waals surface area contributed by atoms with Crippen LogP contribution in [0.2, 0.25) is 0 Å². The Balaban J connectivity index is 2.30. The molecule has 1 amide bonds. The number of aryl methyl sites for hydroxylation is 1. The number of carbonyl (C=O) groups is 1. The SMILES string of the molecule is CC(CCc1ccco1)NCC(C)(C)NC(=O)OC(C)(C)C. The highest BCUT2D eigenvalue weighted by molar-refractivity contribution is 5.68. The molecule has 0 aliphatic carbocycles. The molecule has 1 heterocycles. The molecule has 0 bridgehead atoms. The van der Waals surface area contributed by atoms with Crippen LogP contribution in [0.4, 0.5) is 4.79 Å². The van der Waals surface area contributed by atoms with Gasteiger partial charge in [0.05, 0.1) is 11.8 Å². The zero-order chi connectivity index (χ0) is 16.8. The highest BCUT2D eigenvalue weighted by Crippen LogP contribution is 2.10. The fraction of sp³-hybridized carbons (Fsp3) is 0.706. The Morgan fingerprint density at radius 3 is 2.55 bits per heavy atom. The van der Waals surface area contributed by atoms with Gasteiger partial charge in [0, 0.05) is 19.0 Å². The number of nitrogens with one attached hydrogen (secondary N) is 2. The molecular formula is C17H30N2O3. The van der Waals surface area contributed by atoms with Gasteiger partial charge in [-0.2, -0.15) is 0 Å². The Labute approximate surface area is 133 Å². The average Bonchev–Trinajstić information content (AvgIpc) is 2.83. The summed E-state index contributed by atoms with van der Waals surface area (Å²) >= 11 is 0. The van der Waals surface area contributed by atoms with E-state index in [1.807, 2.05) is 46.8 Å². The van der Waals surface area contributed by atoms with E-state index in [0.29, 0.717) is 12.6 Å². The van der Waals surface area contributed by atoms with Crippen molar-refractivity contribution in [3.63, 3.8) is 0 Å². The summed E-state index contributed by atoms with van der Waals surface area (Å²) in [7, 11) is 0. The second-order valence-electron chi connectivity index (χ2n) is 7.41. The first kappa shape index (κ1) is 18.6. The summed E-state index contributed by atoms with van der Waals surface area (Å²) in [5.41, 5.74) is -0.856. The summed E-state index contributed by atoms with van der Waals surface area (Å²) in [5, 5.41) is 6.34. The zero-order valence-corrected chi connectivity index (χ0v) is 14.7. The van der Waals surface area contributed by atoms with E-state index >= 15 is 0 Å². The van der Waals surface area contributed by atoms with Crippen LogP contribution in [0.1, 0.15) is 53.7 Å². The van der Waals surface area contributed by atoms with Gasteiger partial charge in [-0.1, -0.05) is 0 Å². The first-order valence-corrected chi connectivity index (χ1v) is 7.84. The summed E-state index contributed by atoms with van der Waals surface area (Å²) < 4.78 is 10.6. The zero-order valence-electron chi connectivity index (χ0n) is 14.7. The molecule has 0 aliphatic heterocycles. The van der Waals surface area contributed by atoms with Crippen LogP contribution in [0.5, 0.6) is 0 Å². The third kappa shape index (κ3) is 8.08. The number of rotatable bonds is 7. The molecule has 0 fully saturated rings. The molecule has 0 aromatic carbocycles. The lowest BCUT2D eigenvalue weighted by atomic mass is 10.0. The summed E-state index contributed by atoms with van der Waals surface area (Å²) in [6, 6.07) is 4.23. The molecule has 1 rings (SSSR count). The molecule has 1 atom stereocenters. The smallest absolute Gasteiger partial charge is 0.408 e. The predicted molar refractivity (Wildman–Crippen MR) is 87.9 cm³/mol. The molecule has 2 N–H and O–H groups in total. The minimum absolute atomic E-state index is 0.338. The second kappa shape index (κ2) is 7.68. The van der Waals surface area contributed by atoms with Gasteiger partial charge < -0.3 is 19.8 Å². The maximum Gasteiger partial charge on any atom is 0.408 e. The van der Waals surface area contributed by atoms with Crippen molar-refractivity contribution in [1.29, 1.82) is 0 Å². The van der Waals surface area contributed by atoms with Gasteiger partial charge in [0.25, 0.3) is 0 Å². The number of hydrogen-bond acceptors (Lipinski definition) is 4. The van der Waals surface area contributed by atoms with Crippen LogP contribution in [0, 0.1) is 0 Å². The quantitative estimate of drug-likeness (QED) is 0.809. The normalized spacial score (nSPS) is 13.7. The standard InChI is InChI=1S/C17H30N2O3/c1-13(9-10-14-8-7-11-21-14)18-12-17(5,6)19-15(20)22-16(2,3)4/h7-8,11,13,18H,9-10,12H2,1-6H3,(H,19,20). The van der Waals surface area contributed by atoms with Gasteiger partial charge in [0.2, 0.25) is 0 Å². The number of amides is 1. The number of hydrogen-bond donors (Lipinski definition) is 2. The minimum atomic E-state index is -0.482. The second-order valence-corrected chi connectivity index (χ2v) is 7.41. The summed E-state index contributed by atoms with van der Waals surface area (Å²) in [6.45, 7) is 12.3. The van der Waals surface area contributed by atoms with Crippen molar-refractivity contribution in [1.82, 2.24) is 10.6 Å². The van der Waals surface area contributed by atoms with Gasteiger partial charge in [0.15, 0.2) is 0 Å². The van der Waals surface area contributed by atoms with Crippen molar-refractivity contribution < 1.29 is 13.9 Å². The lowest BCUT2D eigenvalue weighted by Gasteiger charge is -2.30. The van der Waals surface area contributed by atoms with Crippen molar-refractivity contribution in [2.45, 2.75) is 71.6 Å². The van der Waals surface area contributed by atoms with Crippen LogP contribution in [-0.2, 0) is 11.2 Å². The van der Waals surface area contributed by atoms with Gasteiger partial charge in [-0.05, 0) is 60.1 Å². The van der Waals surface area contributed by atoms with E-state index in [1.165, 1.54) is 0 Å². The van der Waals surface area contributed by atoms with Gasteiger partial charge in [0.1, 0.15) is 11.4 Å². The van der Waals surface area contributed by atoms with Crippen molar-refractivity contribution in [3.8, 4) is 0 Å². The maximum absolute atomic E-state index is 11.8. The number of carbonyl (C=O) groups excluding carboxylic acids is 1. The summed E-state index contributed by atoms with van der Waals surface area (Å²) in [4.78, 5) is 11.8. The molecule has 5 heteroatoms. The topological polar surface area (TPSA) is 63.5 Å². The van der Waals surface area contributed by atoms with Gasteiger partial charge in [-0.15, -0.1) is 0 Å². The molecule has 0 saturated carbocycles. The molecule has 126 valence electrons. The van der Waals surface area contributed by atoms with E-state index in [2.05, 4.69) is 17.6 Å². The van der Waals surface area contributed by atoms with Crippen molar-refractivity contribution in [3.05, 3.63) is 24.2 Å². The van der Waals surface area contributed by atoms with Crippen LogP contribution in [0.25, 0.3) is 0 Å². The first-order chi connectivity index (χ1) is 10.1. The lowest BCUT2D eigenvalue weighted by molar-refractivity contribution is 0.0470. The van der Waals surface area contributed by atoms with Crippen LogP contribution >= 0.6 is 0 Å². The maximum atomic E-state index is 11.8. The highest BCUT2D eigenvalue weighted by Gasteiger charge is 2.24. The van der Waals surface area contributed by atoms with E-state index in [4.69, 9.17) is 9.15 Å². The predicted octanol–water partition coefficient (Wildman–Crippen LogP) is 3.49. The molecule has 0 aliphatic rings. The van der Waals surface area contributed by atoms with Crippen molar-refractivity contribution in [2.75, 3.05) is 6.54 Å². The Kier molecular flexibility index (Phi) is 6.48. The molecule has 1 aromatic heterocycles. The monoisotopic (exact) mass is 310 g/mol. The summed E-state index contributed by atoms with van der Waals surface area (Å²) in [6.07, 6.45) is 3.20. The van der Waals surface area contributed by atoms with E-state index in [9.17, 15) is 4.79 Å². The highest BCUT2D eigenvalue weighted by atomic mass is 16.6. The fourth-order valence-electron chi connectivity index (χ4n) is 1.97. The molecule has 5 nitrogen and oxygen atoms in total. The minimum Gasteiger partial charge on any atom is -0.469 e. The van der Waals surface area contributed by atoms with E-state index in [0.717, 1.165) is 18.6 Å². The third-order valence-corrected chi connectivity index (χ3v) is 3.14. The Morgan fingerprint density at radius 1 is 1.32 bits per heavy atom. The van der Waals surface area contributed by atoms with Crippen LogP contribution in [0.3, 0.4) is 0 Å². The molecule has 1 unspecified atom stereocenters. The Hall–Kier alpha value is -1.49. The molecule has 0 saturated heterocycles. The largest absolute Gasteiger partial charge is 0.469 e. The molecule has 0 radical (unpaired) electrons. The van der Waals surface area contributed by atoms with Gasteiger partial charge in [-0.25, -0.2) is 4.79 Å². The van der Waals surface area contributed by atoms with Crippen LogP contribution in [-0.4, -0.2) is 29.8 Å². The molecule has 22 heavy (non-hydrogen) atoms. The van der Waals surface area contributed by atoms with Crippen LogP contribution in [0.15, 0.2) is 22.8 Å². The molecule has 1 aromatic rings. The Morgan fingerprint density at radius 2 is 2.00 bits per heavy atom. The van der Waals surface area contributed by atoms with Gasteiger partial charge >= 0.3 is 6.09 Å². The van der Waals surface area contributed by atoms with E-state index < -0.39 is 5.60 Å². The summed E-state index contributed by atoms with van der Waals surface area (Å²) in [5.74, 6) is 1.000. The van der Waals surface area contributed by atoms with Gasteiger partial charge in [-0.3, -0.25) is 0 Å². The fourth-order valence-corrected chi connectivity index (χ4v) is 1.97. The van der Waals surface area contributed by atoms with Crippen molar-refractivity contribution >= 4 is 6.09 Å². The number of alkyl carbamates (subject to hydrolysis) is 1. The van der Waals surface area contributed by atoms with Crippen LogP contribution < -0.4 is 10.6 Å². The number of ether oxygens (including phenoxy) is 1.